The van der Waals surface area contributed by atoms with Gasteiger partial charge in [0.2, 0.25) is 0 Å². The average Bonchev–Trinajstić information content (AvgIpc) is 2.96. The molecule has 1 aliphatic rings. The molecular weight excluding hydrogens is 297 g/mol. The molecule has 0 heterocycles. The molecule has 0 saturated carbocycles. The quantitative estimate of drug-likeness (QED) is 0.790. The number of benzene rings is 1. The first-order chi connectivity index (χ1) is 10.4. The normalized spacial score (nSPS) is 16.2. The van der Waals surface area contributed by atoms with Crippen molar-refractivity contribution in [3.8, 4) is 5.75 Å². The zero-order chi connectivity index (χ0) is 16.2. The summed E-state index contributed by atoms with van der Waals surface area (Å²) < 4.78 is 42.7. The van der Waals surface area contributed by atoms with E-state index < -0.39 is 23.8 Å². The molecule has 1 aromatic carbocycles. The zero-order valence-corrected chi connectivity index (χ0v) is 11.9. The van der Waals surface area contributed by atoms with Gasteiger partial charge in [0.25, 0.3) is 0 Å². The van der Waals surface area contributed by atoms with Crippen molar-refractivity contribution in [2.75, 3.05) is 0 Å². The molecule has 120 valence electrons. The third kappa shape index (κ3) is 4.51. The summed E-state index contributed by atoms with van der Waals surface area (Å²) in [5.74, 6) is -0.987. The van der Waals surface area contributed by atoms with E-state index in [1.807, 2.05) is 0 Å². The lowest BCUT2D eigenvalue weighted by Crippen LogP contribution is -2.27. The van der Waals surface area contributed by atoms with Crippen molar-refractivity contribution < 1.29 is 27.8 Å². The zero-order valence-electron chi connectivity index (χ0n) is 11.9. The third-order valence-corrected chi connectivity index (χ3v) is 3.60. The number of hydrogen-bond acceptors (Lipinski definition) is 2. The first kappa shape index (κ1) is 16.4. The van der Waals surface area contributed by atoms with Crippen molar-refractivity contribution in [1.29, 1.82) is 0 Å². The smallest absolute Gasteiger partial charge is 0.416 e. The van der Waals surface area contributed by atoms with E-state index in [2.05, 4.69) is 6.08 Å². The predicted molar refractivity (Wildman–Crippen MR) is 74.7 cm³/mol. The van der Waals surface area contributed by atoms with Crippen LogP contribution in [0.3, 0.4) is 0 Å². The number of alkyl halides is 3. The first-order valence-electron chi connectivity index (χ1n) is 7.11. The molecule has 1 unspecified atom stereocenters. The highest BCUT2D eigenvalue weighted by Crippen LogP contribution is 2.30. The Hall–Kier alpha value is -1.98. The summed E-state index contributed by atoms with van der Waals surface area (Å²) in [4.78, 5) is 11.2. The van der Waals surface area contributed by atoms with Gasteiger partial charge in [0, 0.05) is 0 Å². The Morgan fingerprint density at radius 2 is 1.95 bits per heavy atom. The molecule has 0 bridgehead atoms. The molecular formula is C16H17F3O3. The molecule has 22 heavy (non-hydrogen) atoms. The Bertz CT molecular complexity index is 547. The maximum Gasteiger partial charge on any atom is 0.416 e. The van der Waals surface area contributed by atoms with Gasteiger partial charge >= 0.3 is 12.1 Å². The highest BCUT2D eigenvalue weighted by atomic mass is 19.4. The van der Waals surface area contributed by atoms with E-state index in [-0.39, 0.29) is 5.75 Å². The van der Waals surface area contributed by atoms with Gasteiger partial charge in [-0.1, -0.05) is 11.6 Å². The lowest BCUT2D eigenvalue weighted by atomic mass is 10.1. The fourth-order valence-corrected chi connectivity index (χ4v) is 2.40. The summed E-state index contributed by atoms with van der Waals surface area (Å²) in [6, 6.07) is 4.06. The fourth-order valence-electron chi connectivity index (χ4n) is 2.40. The molecule has 2 rings (SSSR count). The standard InChI is InChI=1S/C16H17F3O3/c17-16(18,19)12-6-8-13(9-7-12)22-14(15(20)21)10-5-11-3-1-2-4-11/h3,6-9,14H,1-2,4-5,10H2,(H,20,21). The largest absolute Gasteiger partial charge is 0.479 e. The Balaban J connectivity index is 1.96. The SMILES string of the molecule is O=C(O)C(CCC1=CCCC1)Oc1ccc(C(F)(F)F)cc1. The van der Waals surface area contributed by atoms with Gasteiger partial charge < -0.3 is 9.84 Å². The van der Waals surface area contributed by atoms with Crippen LogP contribution in [-0.2, 0) is 11.0 Å². The lowest BCUT2D eigenvalue weighted by molar-refractivity contribution is -0.145. The van der Waals surface area contributed by atoms with E-state index >= 15 is 0 Å². The minimum Gasteiger partial charge on any atom is -0.479 e. The number of carboxylic acid groups (broad SMARTS) is 1. The maximum atomic E-state index is 12.5. The molecule has 0 saturated heterocycles. The van der Waals surface area contributed by atoms with E-state index in [1.165, 1.54) is 5.57 Å². The monoisotopic (exact) mass is 314 g/mol. The molecule has 0 spiro atoms. The Labute approximate surface area is 126 Å². The van der Waals surface area contributed by atoms with Crippen molar-refractivity contribution in [2.45, 2.75) is 44.4 Å². The summed E-state index contributed by atoms with van der Waals surface area (Å²) >= 11 is 0. The second-order valence-electron chi connectivity index (χ2n) is 5.26. The van der Waals surface area contributed by atoms with Gasteiger partial charge in [-0.25, -0.2) is 4.79 Å². The topological polar surface area (TPSA) is 46.5 Å². The Kier molecular flexibility index (Phi) is 5.11. The molecule has 1 aromatic rings. The number of carbonyl (C=O) groups is 1. The Morgan fingerprint density at radius 3 is 2.45 bits per heavy atom. The van der Waals surface area contributed by atoms with Crippen LogP contribution in [0.25, 0.3) is 0 Å². The van der Waals surface area contributed by atoms with Crippen LogP contribution in [0.15, 0.2) is 35.9 Å². The minimum atomic E-state index is -4.42. The number of rotatable bonds is 6. The Morgan fingerprint density at radius 1 is 1.27 bits per heavy atom. The molecule has 1 atom stereocenters. The number of allylic oxidation sites excluding steroid dienone is 2. The molecule has 1 aliphatic carbocycles. The van der Waals surface area contributed by atoms with Gasteiger partial charge in [-0.3, -0.25) is 0 Å². The van der Waals surface area contributed by atoms with Crippen LogP contribution in [0.2, 0.25) is 0 Å². The van der Waals surface area contributed by atoms with Crippen molar-refractivity contribution >= 4 is 5.97 Å². The fraction of sp³-hybridized carbons (Fsp3) is 0.438. The van der Waals surface area contributed by atoms with E-state index in [4.69, 9.17) is 9.84 Å². The van der Waals surface area contributed by atoms with Gasteiger partial charge in [-0.15, -0.1) is 0 Å². The van der Waals surface area contributed by atoms with E-state index in [9.17, 15) is 18.0 Å². The maximum absolute atomic E-state index is 12.5. The molecule has 0 aliphatic heterocycles. The summed E-state index contributed by atoms with van der Waals surface area (Å²) in [5, 5.41) is 9.17. The highest BCUT2D eigenvalue weighted by molar-refractivity contribution is 5.72. The van der Waals surface area contributed by atoms with Crippen LogP contribution in [-0.4, -0.2) is 17.2 Å². The van der Waals surface area contributed by atoms with Gasteiger partial charge in [0.1, 0.15) is 5.75 Å². The van der Waals surface area contributed by atoms with Gasteiger partial charge in [0.15, 0.2) is 6.10 Å². The number of aliphatic carboxylic acids is 1. The second-order valence-corrected chi connectivity index (χ2v) is 5.26. The summed E-state index contributed by atoms with van der Waals surface area (Å²) in [6.45, 7) is 0. The first-order valence-corrected chi connectivity index (χ1v) is 7.11. The lowest BCUT2D eigenvalue weighted by Gasteiger charge is -2.16. The van der Waals surface area contributed by atoms with E-state index in [0.29, 0.717) is 12.8 Å². The van der Waals surface area contributed by atoms with Crippen molar-refractivity contribution in [2.24, 2.45) is 0 Å². The number of halogens is 3. The van der Waals surface area contributed by atoms with Crippen LogP contribution in [0, 0.1) is 0 Å². The molecule has 3 nitrogen and oxygen atoms in total. The van der Waals surface area contributed by atoms with Crippen LogP contribution >= 0.6 is 0 Å². The van der Waals surface area contributed by atoms with Crippen LogP contribution in [0.1, 0.15) is 37.7 Å². The number of carboxylic acids is 1. The van der Waals surface area contributed by atoms with Gasteiger partial charge in [-0.05, 0) is 56.4 Å². The molecule has 0 amide bonds. The predicted octanol–water partition coefficient (Wildman–Crippen LogP) is 4.43. The van der Waals surface area contributed by atoms with E-state index in [1.54, 1.807) is 0 Å². The molecule has 0 aromatic heterocycles. The van der Waals surface area contributed by atoms with Gasteiger partial charge in [-0.2, -0.15) is 13.2 Å². The van der Waals surface area contributed by atoms with Crippen molar-refractivity contribution in [3.05, 3.63) is 41.5 Å². The summed E-state index contributed by atoms with van der Waals surface area (Å²) in [6.07, 6.45) is 0.668. The summed E-state index contributed by atoms with van der Waals surface area (Å²) in [7, 11) is 0. The third-order valence-electron chi connectivity index (χ3n) is 3.60. The average molecular weight is 314 g/mol. The van der Waals surface area contributed by atoms with Crippen LogP contribution in [0.5, 0.6) is 5.75 Å². The number of ether oxygens (including phenoxy) is 1. The van der Waals surface area contributed by atoms with E-state index in [0.717, 1.165) is 43.5 Å². The van der Waals surface area contributed by atoms with Crippen molar-refractivity contribution in [1.82, 2.24) is 0 Å². The molecule has 1 N–H and O–H groups in total. The van der Waals surface area contributed by atoms with Crippen LogP contribution < -0.4 is 4.74 Å². The second kappa shape index (κ2) is 6.85. The summed E-state index contributed by atoms with van der Waals surface area (Å²) in [5.41, 5.74) is 0.435. The van der Waals surface area contributed by atoms with Gasteiger partial charge in [0.05, 0.1) is 5.56 Å². The molecule has 0 radical (unpaired) electrons. The van der Waals surface area contributed by atoms with Crippen LogP contribution in [0.4, 0.5) is 13.2 Å². The highest BCUT2D eigenvalue weighted by Gasteiger charge is 2.30. The molecule has 0 fully saturated rings. The minimum absolute atomic E-state index is 0.126. The van der Waals surface area contributed by atoms with Crippen molar-refractivity contribution in [3.63, 3.8) is 0 Å². The number of hydrogen-bond donors (Lipinski definition) is 1. The molecule has 6 heteroatoms.